The van der Waals surface area contributed by atoms with Crippen LogP contribution in [0, 0.1) is 13.8 Å². The van der Waals surface area contributed by atoms with Crippen molar-refractivity contribution in [3.05, 3.63) is 34.9 Å². The molecule has 2 rings (SSSR count). The molecule has 2 atom stereocenters. The van der Waals surface area contributed by atoms with Crippen molar-refractivity contribution in [2.24, 2.45) is 0 Å². The van der Waals surface area contributed by atoms with Gasteiger partial charge in [0, 0.05) is 5.92 Å². The van der Waals surface area contributed by atoms with Gasteiger partial charge in [-0.3, -0.25) is 0 Å². The quantitative estimate of drug-likeness (QED) is 0.697. The summed E-state index contributed by atoms with van der Waals surface area (Å²) in [6.45, 7) is 4.23. The van der Waals surface area contributed by atoms with Crippen molar-refractivity contribution >= 4 is 0 Å². The highest BCUT2D eigenvalue weighted by Gasteiger charge is 2.30. The zero-order valence-electron chi connectivity index (χ0n) is 8.25. The molecule has 1 aromatic rings. The van der Waals surface area contributed by atoms with Crippen molar-refractivity contribution in [1.82, 2.24) is 0 Å². The molecule has 1 aromatic carbocycles. The minimum atomic E-state index is -0.0968. The zero-order chi connectivity index (χ0) is 9.42. The van der Waals surface area contributed by atoms with Crippen LogP contribution >= 0.6 is 0 Å². The second kappa shape index (κ2) is 3.15. The molecule has 0 aliphatic heterocycles. The van der Waals surface area contributed by atoms with Gasteiger partial charge in [0.15, 0.2) is 0 Å². The fourth-order valence-corrected chi connectivity index (χ4v) is 2.00. The summed E-state index contributed by atoms with van der Waals surface area (Å²) < 4.78 is 0. The highest BCUT2D eigenvalue weighted by molar-refractivity contribution is 5.35. The molecule has 0 amide bonds. The van der Waals surface area contributed by atoms with E-state index in [4.69, 9.17) is 0 Å². The molecule has 0 aromatic heterocycles. The maximum atomic E-state index is 9.58. The molecule has 1 aliphatic rings. The monoisotopic (exact) mass is 176 g/mol. The van der Waals surface area contributed by atoms with Crippen LogP contribution in [-0.2, 0) is 0 Å². The molecule has 2 unspecified atom stereocenters. The van der Waals surface area contributed by atoms with E-state index >= 15 is 0 Å². The van der Waals surface area contributed by atoms with Gasteiger partial charge in [-0.25, -0.2) is 0 Å². The maximum Gasteiger partial charge on any atom is 0.0609 e. The third-order valence-corrected chi connectivity index (χ3v) is 3.07. The van der Waals surface area contributed by atoms with Crippen molar-refractivity contribution in [2.75, 3.05) is 0 Å². The van der Waals surface area contributed by atoms with Crippen molar-refractivity contribution in [3.8, 4) is 0 Å². The Morgan fingerprint density at radius 1 is 1.23 bits per heavy atom. The van der Waals surface area contributed by atoms with Gasteiger partial charge in [0.25, 0.3) is 0 Å². The highest BCUT2D eigenvalue weighted by Crippen LogP contribution is 2.38. The third kappa shape index (κ3) is 1.49. The first-order chi connectivity index (χ1) is 6.18. The average Bonchev–Trinajstić information content (AvgIpc) is 2.09. The molecule has 0 radical (unpaired) electrons. The van der Waals surface area contributed by atoms with Crippen LogP contribution in [0.2, 0.25) is 0 Å². The molecule has 0 heterocycles. The smallest absolute Gasteiger partial charge is 0.0609 e. The fourth-order valence-electron chi connectivity index (χ4n) is 2.00. The lowest BCUT2D eigenvalue weighted by molar-refractivity contribution is 0.0658. The van der Waals surface area contributed by atoms with Crippen LogP contribution in [0.4, 0.5) is 0 Å². The lowest BCUT2D eigenvalue weighted by Gasteiger charge is -2.34. The van der Waals surface area contributed by atoms with Crippen molar-refractivity contribution < 1.29 is 5.11 Å². The molecule has 1 aliphatic carbocycles. The largest absolute Gasteiger partial charge is 0.392 e. The van der Waals surface area contributed by atoms with E-state index in [1.165, 1.54) is 16.7 Å². The number of rotatable bonds is 1. The Balaban J connectivity index is 2.33. The molecular weight excluding hydrogens is 160 g/mol. The Morgan fingerprint density at radius 2 is 2.00 bits per heavy atom. The van der Waals surface area contributed by atoms with E-state index in [1.54, 1.807) is 0 Å². The van der Waals surface area contributed by atoms with Crippen LogP contribution in [0.5, 0.6) is 0 Å². The molecule has 1 nitrogen and oxygen atoms in total. The van der Waals surface area contributed by atoms with Gasteiger partial charge in [0.2, 0.25) is 0 Å². The summed E-state index contributed by atoms with van der Waals surface area (Å²) in [7, 11) is 0. The van der Waals surface area contributed by atoms with Gasteiger partial charge in [-0.1, -0.05) is 23.8 Å². The molecule has 1 saturated carbocycles. The number of aliphatic hydroxyl groups excluding tert-OH is 1. The maximum absolute atomic E-state index is 9.58. The first kappa shape index (κ1) is 8.76. The Morgan fingerprint density at radius 3 is 2.54 bits per heavy atom. The van der Waals surface area contributed by atoms with Gasteiger partial charge in [-0.15, -0.1) is 0 Å². The van der Waals surface area contributed by atoms with Crippen LogP contribution < -0.4 is 0 Å². The summed E-state index contributed by atoms with van der Waals surface area (Å²) in [6, 6.07) is 6.49. The number of hydrogen-bond donors (Lipinski definition) is 1. The van der Waals surface area contributed by atoms with Crippen LogP contribution in [-0.4, -0.2) is 11.2 Å². The molecule has 1 fully saturated rings. The van der Waals surface area contributed by atoms with Crippen LogP contribution in [0.15, 0.2) is 18.2 Å². The molecule has 70 valence electrons. The topological polar surface area (TPSA) is 20.2 Å². The number of hydrogen-bond acceptors (Lipinski definition) is 1. The predicted octanol–water partition coefficient (Wildman–Crippen LogP) is 2.54. The summed E-state index contributed by atoms with van der Waals surface area (Å²) in [5, 5.41) is 9.58. The van der Waals surface area contributed by atoms with E-state index in [9.17, 15) is 5.11 Å². The van der Waals surface area contributed by atoms with Gasteiger partial charge in [-0.2, -0.15) is 0 Å². The fraction of sp³-hybridized carbons (Fsp3) is 0.500. The number of aliphatic hydroxyl groups is 1. The van der Waals surface area contributed by atoms with Crippen molar-refractivity contribution in [2.45, 2.75) is 38.7 Å². The molecule has 13 heavy (non-hydrogen) atoms. The van der Waals surface area contributed by atoms with Crippen LogP contribution in [0.1, 0.15) is 35.4 Å². The SMILES string of the molecule is Cc1ccc(C)c(C2CCC2O)c1. The number of aryl methyl sites for hydroxylation is 2. The summed E-state index contributed by atoms with van der Waals surface area (Å²) in [5.41, 5.74) is 3.95. The van der Waals surface area contributed by atoms with E-state index in [-0.39, 0.29) is 6.10 Å². The van der Waals surface area contributed by atoms with Crippen LogP contribution in [0.25, 0.3) is 0 Å². The lowest BCUT2D eigenvalue weighted by Crippen LogP contribution is -2.29. The Hall–Kier alpha value is -0.820. The normalized spacial score (nSPS) is 27.0. The summed E-state index contributed by atoms with van der Waals surface area (Å²) in [6.07, 6.45) is 2.02. The van der Waals surface area contributed by atoms with E-state index in [0.29, 0.717) is 5.92 Å². The standard InChI is InChI=1S/C12H16O/c1-8-3-4-9(2)11(7-8)10-5-6-12(10)13/h3-4,7,10,12-13H,5-6H2,1-2H3. The van der Waals surface area contributed by atoms with Crippen LogP contribution in [0.3, 0.4) is 0 Å². The first-order valence-corrected chi connectivity index (χ1v) is 4.93. The zero-order valence-corrected chi connectivity index (χ0v) is 8.25. The van der Waals surface area contributed by atoms with E-state index in [0.717, 1.165) is 12.8 Å². The second-order valence-corrected chi connectivity index (χ2v) is 4.11. The van der Waals surface area contributed by atoms with Gasteiger partial charge in [-0.05, 0) is 37.8 Å². The minimum absolute atomic E-state index is 0.0968. The summed E-state index contributed by atoms with van der Waals surface area (Å²) >= 11 is 0. The summed E-state index contributed by atoms with van der Waals surface area (Å²) in [4.78, 5) is 0. The Kier molecular flexibility index (Phi) is 2.12. The predicted molar refractivity (Wildman–Crippen MR) is 53.9 cm³/mol. The van der Waals surface area contributed by atoms with E-state index in [1.807, 2.05) is 0 Å². The molecule has 0 spiro atoms. The Bertz CT molecular complexity index is 317. The molecule has 1 heteroatoms. The van der Waals surface area contributed by atoms with Gasteiger partial charge in [0.05, 0.1) is 6.10 Å². The van der Waals surface area contributed by atoms with Gasteiger partial charge < -0.3 is 5.11 Å². The molecular formula is C12H16O. The second-order valence-electron chi connectivity index (χ2n) is 4.11. The van der Waals surface area contributed by atoms with Crippen molar-refractivity contribution in [1.29, 1.82) is 0 Å². The van der Waals surface area contributed by atoms with E-state index in [2.05, 4.69) is 32.0 Å². The van der Waals surface area contributed by atoms with Crippen molar-refractivity contribution in [3.63, 3.8) is 0 Å². The Labute approximate surface area is 79.4 Å². The highest BCUT2D eigenvalue weighted by atomic mass is 16.3. The molecule has 0 bridgehead atoms. The van der Waals surface area contributed by atoms with E-state index < -0.39 is 0 Å². The van der Waals surface area contributed by atoms with Gasteiger partial charge >= 0.3 is 0 Å². The first-order valence-electron chi connectivity index (χ1n) is 4.93. The summed E-state index contributed by atoms with van der Waals surface area (Å²) in [5.74, 6) is 0.403. The molecule has 0 saturated heterocycles. The third-order valence-electron chi connectivity index (χ3n) is 3.07. The van der Waals surface area contributed by atoms with Gasteiger partial charge in [0.1, 0.15) is 0 Å². The minimum Gasteiger partial charge on any atom is -0.392 e. The average molecular weight is 176 g/mol. The number of benzene rings is 1. The molecule has 1 N–H and O–H groups in total. The lowest BCUT2D eigenvalue weighted by atomic mass is 9.75.